The quantitative estimate of drug-likeness (QED) is 0.887. The van der Waals surface area contributed by atoms with Gasteiger partial charge in [0.05, 0.1) is 0 Å². The number of nitrogens with zero attached hydrogens (tertiary/aromatic N) is 2. The van der Waals surface area contributed by atoms with Crippen LogP contribution in [0.4, 0.5) is 4.79 Å². The fraction of sp³-hybridized carbons (Fsp3) is 0.533. The largest absolute Gasteiger partial charge is 0.465 e. The molecule has 4 heteroatoms. The summed E-state index contributed by atoms with van der Waals surface area (Å²) in [4.78, 5) is 15.2. The van der Waals surface area contributed by atoms with Crippen LogP contribution in [0.25, 0.3) is 0 Å². The minimum Gasteiger partial charge on any atom is -0.465 e. The molecule has 0 spiro atoms. The molecule has 4 nitrogen and oxygen atoms in total. The highest BCUT2D eigenvalue weighted by Gasteiger charge is 2.40. The van der Waals surface area contributed by atoms with Crippen LogP contribution in [0.3, 0.4) is 0 Å². The molecule has 1 aromatic carbocycles. The van der Waals surface area contributed by atoms with Crippen molar-refractivity contribution in [3.63, 3.8) is 0 Å². The molecule has 1 N–H and O–H groups in total. The van der Waals surface area contributed by atoms with Crippen molar-refractivity contribution in [2.45, 2.75) is 25.4 Å². The minimum atomic E-state index is -0.746. The third-order valence-electron chi connectivity index (χ3n) is 4.41. The van der Waals surface area contributed by atoms with E-state index in [-0.39, 0.29) is 6.04 Å². The summed E-state index contributed by atoms with van der Waals surface area (Å²) in [5, 5.41) is 9.17. The molecule has 1 amide bonds. The zero-order valence-electron chi connectivity index (χ0n) is 11.0. The molecule has 2 heterocycles. The zero-order valence-corrected chi connectivity index (χ0v) is 11.0. The number of likely N-dealkylation sites (tertiary alicyclic amines) is 2. The molecule has 102 valence electrons. The van der Waals surface area contributed by atoms with Crippen molar-refractivity contribution in [1.29, 1.82) is 0 Å². The summed E-state index contributed by atoms with van der Waals surface area (Å²) in [5.41, 5.74) is 1.34. The number of hydrogen-bond donors (Lipinski definition) is 1. The molecule has 3 rings (SSSR count). The van der Waals surface area contributed by atoms with Gasteiger partial charge < -0.3 is 10.0 Å². The van der Waals surface area contributed by atoms with Gasteiger partial charge in [0, 0.05) is 32.2 Å². The molecule has 0 aliphatic carbocycles. The summed E-state index contributed by atoms with van der Waals surface area (Å²) >= 11 is 0. The molecule has 0 bridgehead atoms. The highest BCUT2D eigenvalue weighted by Crippen LogP contribution is 2.31. The number of carboxylic acid groups (broad SMARTS) is 1. The summed E-state index contributed by atoms with van der Waals surface area (Å²) in [5.74, 6) is 0.522. The maximum atomic E-state index is 11.1. The van der Waals surface area contributed by atoms with E-state index >= 15 is 0 Å². The number of rotatable bonds is 2. The third-order valence-corrected chi connectivity index (χ3v) is 4.41. The van der Waals surface area contributed by atoms with Gasteiger partial charge in [-0.05, 0) is 24.3 Å². The van der Waals surface area contributed by atoms with E-state index in [2.05, 4.69) is 29.2 Å². The van der Waals surface area contributed by atoms with Crippen molar-refractivity contribution < 1.29 is 9.90 Å². The number of hydrogen-bond acceptors (Lipinski definition) is 2. The van der Waals surface area contributed by atoms with E-state index in [0.29, 0.717) is 12.5 Å². The van der Waals surface area contributed by atoms with Gasteiger partial charge in [0.25, 0.3) is 0 Å². The molecule has 2 atom stereocenters. The van der Waals surface area contributed by atoms with Gasteiger partial charge in [0.2, 0.25) is 0 Å². The van der Waals surface area contributed by atoms with Crippen LogP contribution in [0, 0.1) is 5.92 Å². The van der Waals surface area contributed by atoms with Gasteiger partial charge in [-0.3, -0.25) is 4.90 Å². The summed E-state index contributed by atoms with van der Waals surface area (Å²) in [6.07, 6.45) is 1.25. The molecule has 0 radical (unpaired) electrons. The second-order valence-electron chi connectivity index (χ2n) is 5.60. The molecule has 2 saturated heterocycles. The Labute approximate surface area is 113 Å². The van der Waals surface area contributed by atoms with E-state index in [1.165, 1.54) is 5.56 Å². The van der Waals surface area contributed by atoms with Crippen LogP contribution in [-0.4, -0.2) is 46.7 Å². The molecular weight excluding hydrogens is 240 g/mol. The topological polar surface area (TPSA) is 43.8 Å². The van der Waals surface area contributed by atoms with Gasteiger partial charge in [-0.2, -0.15) is 0 Å². The smallest absolute Gasteiger partial charge is 0.407 e. The van der Waals surface area contributed by atoms with E-state index in [0.717, 1.165) is 32.5 Å². The van der Waals surface area contributed by atoms with Crippen molar-refractivity contribution in [3.8, 4) is 0 Å². The van der Waals surface area contributed by atoms with Crippen LogP contribution in [0.5, 0.6) is 0 Å². The lowest BCUT2D eigenvalue weighted by molar-refractivity contribution is 0.0940. The molecule has 2 unspecified atom stereocenters. The molecule has 2 aliphatic rings. The first-order chi connectivity index (χ1) is 9.24. The number of benzene rings is 1. The molecule has 2 fully saturated rings. The maximum Gasteiger partial charge on any atom is 0.407 e. The molecule has 19 heavy (non-hydrogen) atoms. The predicted octanol–water partition coefficient (Wildman–Crippen LogP) is 2.26. The highest BCUT2D eigenvalue weighted by atomic mass is 16.4. The van der Waals surface area contributed by atoms with Crippen LogP contribution in [0.2, 0.25) is 0 Å². The van der Waals surface area contributed by atoms with E-state index in [4.69, 9.17) is 5.11 Å². The van der Waals surface area contributed by atoms with Crippen molar-refractivity contribution in [2.75, 3.05) is 19.6 Å². The zero-order chi connectivity index (χ0) is 13.2. The normalized spacial score (nSPS) is 27.3. The van der Waals surface area contributed by atoms with Crippen molar-refractivity contribution >= 4 is 6.09 Å². The Bertz CT molecular complexity index is 449. The number of piperidine rings is 1. The molecule has 2 aliphatic heterocycles. The summed E-state index contributed by atoms with van der Waals surface area (Å²) in [6.45, 7) is 3.73. The second-order valence-corrected chi connectivity index (χ2v) is 5.60. The van der Waals surface area contributed by atoms with Crippen LogP contribution >= 0.6 is 0 Å². The van der Waals surface area contributed by atoms with E-state index < -0.39 is 6.09 Å². The Hall–Kier alpha value is -1.55. The summed E-state index contributed by atoms with van der Waals surface area (Å²) < 4.78 is 0. The Balaban J connectivity index is 1.61. The summed E-state index contributed by atoms with van der Waals surface area (Å²) in [7, 11) is 0. The SMILES string of the molecule is O=C(O)N1CCC2CN(Cc3ccccc3)CCC21. The lowest BCUT2D eigenvalue weighted by atomic mass is 9.92. The lowest BCUT2D eigenvalue weighted by Gasteiger charge is -2.37. The van der Waals surface area contributed by atoms with Crippen LogP contribution < -0.4 is 0 Å². The average molecular weight is 260 g/mol. The maximum absolute atomic E-state index is 11.1. The lowest BCUT2D eigenvalue weighted by Crippen LogP contribution is -2.46. The Morgan fingerprint density at radius 1 is 1.21 bits per heavy atom. The van der Waals surface area contributed by atoms with Crippen molar-refractivity contribution in [3.05, 3.63) is 35.9 Å². The third kappa shape index (κ3) is 2.59. The second kappa shape index (κ2) is 5.21. The van der Waals surface area contributed by atoms with Crippen LogP contribution in [0.1, 0.15) is 18.4 Å². The molecule has 0 aromatic heterocycles. The van der Waals surface area contributed by atoms with Gasteiger partial charge >= 0.3 is 6.09 Å². The number of amides is 1. The Morgan fingerprint density at radius 3 is 2.74 bits per heavy atom. The first-order valence-electron chi connectivity index (χ1n) is 7.00. The first kappa shape index (κ1) is 12.5. The number of fused-ring (bicyclic) bond motifs is 1. The van der Waals surface area contributed by atoms with Gasteiger partial charge in [0.15, 0.2) is 0 Å². The fourth-order valence-electron chi connectivity index (χ4n) is 3.48. The summed E-state index contributed by atoms with van der Waals surface area (Å²) in [6, 6.07) is 10.8. The monoisotopic (exact) mass is 260 g/mol. The van der Waals surface area contributed by atoms with Crippen LogP contribution in [-0.2, 0) is 6.54 Å². The predicted molar refractivity (Wildman–Crippen MR) is 73.0 cm³/mol. The first-order valence-corrected chi connectivity index (χ1v) is 7.00. The van der Waals surface area contributed by atoms with E-state index in [1.54, 1.807) is 4.90 Å². The minimum absolute atomic E-state index is 0.254. The fourth-order valence-corrected chi connectivity index (χ4v) is 3.48. The Kier molecular flexibility index (Phi) is 3.42. The van der Waals surface area contributed by atoms with Crippen molar-refractivity contribution in [1.82, 2.24) is 9.80 Å². The standard InChI is InChI=1S/C15H20N2O2/c18-15(19)17-9-6-13-11-16(8-7-14(13)17)10-12-4-2-1-3-5-12/h1-5,13-14H,6-11H2,(H,18,19). The Morgan fingerprint density at radius 2 is 2.00 bits per heavy atom. The van der Waals surface area contributed by atoms with E-state index in [9.17, 15) is 4.79 Å². The van der Waals surface area contributed by atoms with Gasteiger partial charge in [-0.1, -0.05) is 30.3 Å². The molecule has 0 saturated carbocycles. The van der Waals surface area contributed by atoms with Crippen LogP contribution in [0.15, 0.2) is 30.3 Å². The molecular formula is C15H20N2O2. The van der Waals surface area contributed by atoms with E-state index in [1.807, 2.05) is 6.07 Å². The van der Waals surface area contributed by atoms with Gasteiger partial charge in [0.1, 0.15) is 0 Å². The van der Waals surface area contributed by atoms with Gasteiger partial charge in [-0.15, -0.1) is 0 Å². The van der Waals surface area contributed by atoms with Crippen molar-refractivity contribution in [2.24, 2.45) is 5.92 Å². The average Bonchev–Trinajstić information content (AvgIpc) is 2.83. The number of carbonyl (C=O) groups is 1. The highest BCUT2D eigenvalue weighted by molar-refractivity contribution is 5.66. The van der Waals surface area contributed by atoms with Gasteiger partial charge in [-0.25, -0.2) is 4.79 Å². The molecule has 1 aromatic rings.